The van der Waals surface area contributed by atoms with Gasteiger partial charge in [0.15, 0.2) is 0 Å². The van der Waals surface area contributed by atoms with Gasteiger partial charge in [-0.15, -0.1) is 0 Å². The van der Waals surface area contributed by atoms with Crippen LogP contribution in [0.1, 0.15) is 70.1 Å². The minimum absolute atomic E-state index is 0.0174. The predicted molar refractivity (Wildman–Crippen MR) is 103 cm³/mol. The molecule has 2 aliphatic heterocycles. The van der Waals surface area contributed by atoms with Crippen LogP contribution in [0, 0.1) is 0 Å². The number of hydrogen-bond donors (Lipinski definition) is 2. The molecule has 3 heterocycles. The molecule has 1 aliphatic carbocycles. The number of carbonyl (C=O) groups is 1. The monoisotopic (exact) mass is 373 g/mol. The lowest BCUT2D eigenvalue weighted by atomic mass is 9.95. The average Bonchev–Trinajstić information content (AvgIpc) is 2.94. The first-order chi connectivity index (χ1) is 13.0. The molecule has 0 spiro atoms. The lowest BCUT2D eigenvalue weighted by molar-refractivity contribution is 0.0903. The van der Waals surface area contributed by atoms with E-state index in [0.29, 0.717) is 24.6 Å². The van der Waals surface area contributed by atoms with Gasteiger partial charge in [-0.05, 0) is 39.5 Å². The van der Waals surface area contributed by atoms with E-state index in [0.717, 1.165) is 50.2 Å². The SMILES string of the molecule is CC1(C)c2cnc(NC3CCOCC3)nc2CN1C(=O)NC1CCCCC1. The zero-order valence-electron chi connectivity index (χ0n) is 16.5. The lowest BCUT2D eigenvalue weighted by Crippen LogP contribution is -2.49. The molecule has 0 aromatic carbocycles. The Morgan fingerprint density at radius 1 is 1.15 bits per heavy atom. The number of amides is 2. The Kier molecular flexibility index (Phi) is 5.21. The summed E-state index contributed by atoms with van der Waals surface area (Å²) in [5.41, 5.74) is 1.59. The number of aromatic nitrogens is 2. The van der Waals surface area contributed by atoms with Crippen molar-refractivity contribution in [3.8, 4) is 0 Å². The van der Waals surface area contributed by atoms with Crippen LogP contribution in [0.3, 0.4) is 0 Å². The van der Waals surface area contributed by atoms with E-state index in [4.69, 9.17) is 9.72 Å². The number of anilines is 1. The van der Waals surface area contributed by atoms with Crippen molar-refractivity contribution in [2.24, 2.45) is 0 Å². The van der Waals surface area contributed by atoms with Gasteiger partial charge in [0.2, 0.25) is 5.95 Å². The molecule has 0 bridgehead atoms. The Hall–Kier alpha value is -1.89. The van der Waals surface area contributed by atoms with Crippen molar-refractivity contribution in [1.82, 2.24) is 20.2 Å². The number of carbonyl (C=O) groups excluding carboxylic acids is 1. The molecule has 1 saturated carbocycles. The maximum atomic E-state index is 12.9. The second-order valence-electron chi connectivity index (χ2n) is 8.51. The fraction of sp³-hybridized carbons (Fsp3) is 0.750. The highest BCUT2D eigenvalue weighted by Crippen LogP contribution is 2.38. The fourth-order valence-electron chi connectivity index (χ4n) is 4.46. The molecule has 1 saturated heterocycles. The zero-order chi connectivity index (χ0) is 18.9. The van der Waals surface area contributed by atoms with Gasteiger partial charge in [-0.25, -0.2) is 14.8 Å². The van der Waals surface area contributed by atoms with Crippen LogP contribution in [0.15, 0.2) is 6.20 Å². The largest absolute Gasteiger partial charge is 0.381 e. The highest BCUT2D eigenvalue weighted by molar-refractivity contribution is 5.76. The average molecular weight is 374 g/mol. The van der Waals surface area contributed by atoms with Crippen LogP contribution in [-0.2, 0) is 16.8 Å². The molecule has 3 aliphatic rings. The molecule has 4 rings (SSSR count). The molecular weight excluding hydrogens is 342 g/mol. The third-order valence-corrected chi connectivity index (χ3v) is 6.24. The van der Waals surface area contributed by atoms with Crippen LogP contribution in [0.5, 0.6) is 0 Å². The number of fused-ring (bicyclic) bond motifs is 1. The van der Waals surface area contributed by atoms with E-state index in [1.54, 1.807) is 0 Å². The summed E-state index contributed by atoms with van der Waals surface area (Å²) in [6.07, 6.45) is 9.72. The van der Waals surface area contributed by atoms with Crippen molar-refractivity contribution < 1.29 is 9.53 Å². The van der Waals surface area contributed by atoms with Crippen molar-refractivity contribution in [3.63, 3.8) is 0 Å². The number of nitrogens with one attached hydrogen (secondary N) is 2. The van der Waals surface area contributed by atoms with Gasteiger partial charge in [0, 0.05) is 37.1 Å². The van der Waals surface area contributed by atoms with Gasteiger partial charge in [-0.1, -0.05) is 19.3 Å². The van der Waals surface area contributed by atoms with Gasteiger partial charge in [0.25, 0.3) is 0 Å². The van der Waals surface area contributed by atoms with E-state index in [1.165, 1.54) is 19.3 Å². The summed E-state index contributed by atoms with van der Waals surface area (Å²) >= 11 is 0. The minimum Gasteiger partial charge on any atom is -0.381 e. The smallest absolute Gasteiger partial charge is 0.318 e. The third kappa shape index (κ3) is 3.88. The molecular formula is C20H31N5O2. The molecule has 0 radical (unpaired) electrons. The maximum Gasteiger partial charge on any atom is 0.318 e. The zero-order valence-corrected chi connectivity index (χ0v) is 16.5. The fourth-order valence-corrected chi connectivity index (χ4v) is 4.46. The van der Waals surface area contributed by atoms with E-state index in [9.17, 15) is 4.79 Å². The quantitative estimate of drug-likeness (QED) is 0.851. The van der Waals surface area contributed by atoms with Gasteiger partial charge in [-0.2, -0.15) is 0 Å². The van der Waals surface area contributed by atoms with Crippen molar-refractivity contribution >= 4 is 12.0 Å². The maximum absolute atomic E-state index is 12.9. The van der Waals surface area contributed by atoms with Gasteiger partial charge in [0.05, 0.1) is 17.8 Å². The molecule has 2 N–H and O–H groups in total. The first kappa shape index (κ1) is 18.5. The van der Waals surface area contributed by atoms with E-state index < -0.39 is 5.54 Å². The predicted octanol–water partition coefficient (Wildman–Crippen LogP) is 3.16. The van der Waals surface area contributed by atoms with Gasteiger partial charge < -0.3 is 20.3 Å². The summed E-state index contributed by atoms with van der Waals surface area (Å²) in [4.78, 5) is 24.1. The summed E-state index contributed by atoms with van der Waals surface area (Å²) in [6.45, 7) is 6.25. The van der Waals surface area contributed by atoms with Gasteiger partial charge in [0.1, 0.15) is 0 Å². The number of rotatable bonds is 3. The minimum atomic E-state index is -0.398. The Balaban J connectivity index is 1.45. The van der Waals surface area contributed by atoms with Gasteiger partial charge in [-0.3, -0.25) is 0 Å². The summed E-state index contributed by atoms with van der Waals surface area (Å²) in [5.74, 6) is 0.658. The Morgan fingerprint density at radius 3 is 2.63 bits per heavy atom. The summed E-state index contributed by atoms with van der Waals surface area (Å²) < 4.78 is 5.41. The number of hydrogen-bond acceptors (Lipinski definition) is 5. The van der Waals surface area contributed by atoms with E-state index in [-0.39, 0.29) is 6.03 Å². The summed E-state index contributed by atoms with van der Waals surface area (Å²) in [6, 6.07) is 0.684. The van der Waals surface area contributed by atoms with Crippen molar-refractivity contribution in [2.75, 3.05) is 18.5 Å². The molecule has 2 fully saturated rings. The topological polar surface area (TPSA) is 79.4 Å². The van der Waals surface area contributed by atoms with E-state index in [2.05, 4.69) is 29.5 Å². The molecule has 7 nitrogen and oxygen atoms in total. The van der Waals surface area contributed by atoms with Crippen LogP contribution in [-0.4, -0.2) is 46.2 Å². The first-order valence-electron chi connectivity index (χ1n) is 10.3. The number of nitrogens with zero attached hydrogens (tertiary/aromatic N) is 3. The second-order valence-corrected chi connectivity index (χ2v) is 8.51. The Labute approximate surface area is 161 Å². The van der Waals surface area contributed by atoms with Crippen LogP contribution in [0.2, 0.25) is 0 Å². The first-order valence-corrected chi connectivity index (χ1v) is 10.3. The Bertz CT molecular complexity index is 681. The molecule has 0 unspecified atom stereocenters. The normalized spacial score (nSPS) is 23.1. The molecule has 27 heavy (non-hydrogen) atoms. The van der Waals surface area contributed by atoms with Crippen molar-refractivity contribution in [2.45, 2.75) is 83.0 Å². The van der Waals surface area contributed by atoms with E-state index in [1.807, 2.05) is 11.1 Å². The molecule has 2 amide bonds. The molecule has 0 atom stereocenters. The van der Waals surface area contributed by atoms with Crippen LogP contribution in [0.4, 0.5) is 10.7 Å². The van der Waals surface area contributed by atoms with Gasteiger partial charge >= 0.3 is 6.03 Å². The lowest BCUT2D eigenvalue weighted by Gasteiger charge is -2.34. The van der Waals surface area contributed by atoms with Crippen molar-refractivity contribution in [1.29, 1.82) is 0 Å². The van der Waals surface area contributed by atoms with Crippen LogP contribution >= 0.6 is 0 Å². The van der Waals surface area contributed by atoms with Crippen molar-refractivity contribution in [3.05, 3.63) is 17.5 Å². The highest BCUT2D eigenvalue weighted by atomic mass is 16.5. The molecule has 148 valence electrons. The third-order valence-electron chi connectivity index (χ3n) is 6.24. The molecule has 7 heteroatoms. The molecule has 1 aromatic rings. The summed E-state index contributed by atoms with van der Waals surface area (Å²) in [7, 11) is 0. The number of urea groups is 1. The highest BCUT2D eigenvalue weighted by Gasteiger charge is 2.42. The van der Waals surface area contributed by atoms with E-state index >= 15 is 0 Å². The standard InChI is InChI=1S/C20H31N5O2/c1-20(2)16-12-21-18(22-15-8-10-27-11-9-15)24-17(16)13-25(20)19(26)23-14-6-4-3-5-7-14/h12,14-15H,3-11,13H2,1-2H3,(H,23,26)(H,21,22,24). The van der Waals surface area contributed by atoms with Crippen LogP contribution < -0.4 is 10.6 Å². The number of ether oxygens (including phenoxy) is 1. The van der Waals surface area contributed by atoms with Crippen LogP contribution in [0.25, 0.3) is 0 Å². The second kappa shape index (κ2) is 7.62. The Morgan fingerprint density at radius 2 is 1.89 bits per heavy atom. The summed E-state index contributed by atoms with van der Waals surface area (Å²) in [5, 5.41) is 6.67. The molecule has 1 aromatic heterocycles.